The number of hydrogen-bond acceptors (Lipinski definition) is 3. The van der Waals surface area contributed by atoms with E-state index in [2.05, 4.69) is 55.6 Å². The Kier molecular flexibility index (Phi) is 66.2. The molecular formula is C72H137NO3. The predicted octanol–water partition coefficient (Wildman–Crippen LogP) is 23.7. The van der Waals surface area contributed by atoms with Crippen LogP contribution in [0.1, 0.15) is 386 Å². The van der Waals surface area contributed by atoms with Gasteiger partial charge in [0.1, 0.15) is 0 Å². The van der Waals surface area contributed by atoms with Crippen LogP contribution in [-0.4, -0.2) is 34.9 Å². The molecule has 2 atom stereocenters. The van der Waals surface area contributed by atoms with Crippen LogP contribution in [0.15, 0.2) is 48.6 Å². The zero-order chi connectivity index (χ0) is 54.8. The SMILES string of the molecule is CCCCCCCCCC/C=C\CCCCCCCCCCCCCCCCCCCCCCCCCC(=O)NC(CO)C(O)/C=C/CC/C=C/CC/C=C/CCCCCCCCCCCCCCCCCCCCC. The molecule has 0 saturated carbocycles. The van der Waals surface area contributed by atoms with Crippen molar-refractivity contribution in [2.75, 3.05) is 6.61 Å². The fourth-order valence-electron chi connectivity index (χ4n) is 11.0. The highest BCUT2D eigenvalue weighted by atomic mass is 16.3. The fourth-order valence-corrected chi connectivity index (χ4v) is 11.0. The topological polar surface area (TPSA) is 69.6 Å². The smallest absolute Gasteiger partial charge is 0.220 e. The lowest BCUT2D eigenvalue weighted by molar-refractivity contribution is -0.123. The first-order valence-corrected chi connectivity index (χ1v) is 34.9. The number of carbonyl (C=O) groups is 1. The van der Waals surface area contributed by atoms with Gasteiger partial charge in [-0.3, -0.25) is 4.79 Å². The van der Waals surface area contributed by atoms with E-state index < -0.39 is 12.1 Å². The lowest BCUT2D eigenvalue weighted by Crippen LogP contribution is -2.45. The average Bonchev–Trinajstić information content (AvgIpc) is 3.42. The molecule has 0 fully saturated rings. The number of hydrogen-bond donors (Lipinski definition) is 3. The molecule has 4 nitrogen and oxygen atoms in total. The molecule has 2 unspecified atom stereocenters. The number of rotatable bonds is 65. The van der Waals surface area contributed by atoms with Crippen molar-refractivity contribution in [1.29, 1.82) is 0 Å². The van der Waals surface area contributed by atoms with Crippen molar-refractivity contribution in [3.63, 3.8) is 0 Å². The van der Waals surface area contributed by atoms with E-state index >= 15 is 0 Å². The van der Waals surface area contributed by atoms with Crippen LogP contribution in [0.4, 0.5) is 0 Å². The van der Waals surface area contributed by atoms with Gasteiger partial charge in [0.05, 0.1) is 18.8 Å². The fraction of sp³-hybridized carbons (Fsp3) is 0.875. The van der Waals surface area contributed by atoms with Crippen molar-refractivity contribution in [3.05, 3.63) is 48.6 Å². The van der Waals surface area contributed by atoms with E-state index in [0.29, 0.717) is 6.42 Å². The quantitative estimate of drug-likeness (QED) is 0.0420. The summed E-state index contributed by atoms with van der Waals surface area (Å²) in [6, 6.07) is -0.647. The van der Waals surface area contributed by atoms with Crippen LogP contribution >= 0.6 is 0 Å². The van der Waals surface area contributed by atoms with Crippen LogP contribution in [0.2, 0.25) is 0 Å². The van der Waals surface area contributed by atoms with Gasteiger partial charge in [-0.05, 0) is 70.6 Å². The van der Waals surface area contributed by atoms with Gasteiger partial charge in [-0.1, -0.05) is 358 Å². The Hall–Kier alpha value is -1.65. The van der Waals surface area contributed by atoms with Gasteiger partial charge in [-0.25, -0.2) is 0 Å². The molecule has 0 aromatic heterocycles. The first-order chi connectivity index (χ1) is 37.7. The molecule has 0 rings (SSSR count). The molecule has 0 aliphatic heterocycles. The third-order valence-electron chi connectivity index (χ3n) is 16.3. The van der Waals surface area contributed by atoms with Gasteiger partial charge >= 0.3 is 0 Å². The van der Waals surface area contributed by atoms with Gasteiger partial charge in [-0.2, -0.15) is 0 Å². The first kappa shape index (κ1) is 74.3. The molecule has 3 N–H and O–H groups in total. The molecule has 0 spiro atoms. The van der Waals surface area contributed by atoms with E-state index in [0.717, 1.165) is 38.5 Å². The summed E-state index contributed by atoms with van der Waals surface area (Å²) in [6.07, 6.45) is 94.9. The maximum atomic E-state index is 12.5. The molecule has 0 saturated heterocycles. The van der Waals surface area contributed by atoms with E-state index in [9.17, 15) is 15.0 Å². The highest BCUT2D eigenvalue weighted by Gasteiger charge is 2.18. The molecule has 0 aliphatic carbocycles. The summed E-state index contributed by atoms with van der Waals surface area (Å²) in [5.74, 6) is -0.0707. The van der Waals surface area contributed by atoms with E-state index in [1.807, 2.05) is 6.08 Å². The summed E-state index contributed by atoms with van der Waals surface area (Å²) in [7, 11) is 0. The van der Waals surface area contributed by atoms with Crippen molar-refractivity contribution in [2.45, 2.75) is 398 Å². The Morgan fingerprint density at radius 2 is 0.513 bits per heavy atom. The minimum atomic E-state index is -0.872. The van der Waals surface area contributed by atoms with E-state index in [4.69, 9.17) is 0 Å². The zero-order valence-corrected chi connectivity index (χ0v) is 51.8. The van der Waals surface area contributed by atoms with Gasteiger partial charge in [0.25, 0.3) is 0 Å². The van der Waals surface area contributed by atoms with E-state index in [1.165, 1.54) is 327 Å². The molecule has 0 heterocycles. The Balaban J connectivity index is 3.46. The molecule has 0 aliphatic rings. The highest BCUT2D eigenvalue weighted by Crippen LogP contribution is 2.19. The monoisotopic (exact) mass is 1060 g/mol. The van der Waals surface area contributed by atoms with Gasteiger partial charge < -0.3 is 15.5 Å². The van der Waals surface area contributed by atoms with Gasteiger partial charge in [0, 0.05) is 6.42 Å². The highest BCUT2D eigenvalue weighted by molar-refractivity contribution is 5.76. The Labute approximate surface area is 477 Å². The number of unbranched alkanes of at least 4 members (excludes halogenated alkanes) is 52. The van der Waals surface area contributed by atoms with Gasteiger partial charge in [0.15, 0.2) is 0 Å². The van der Waals surface area contributed by atoms with Crippen molar-refractivity contribution in [1.82, 2.24) is 5.32 Å². The Morgan fingerprint density at radius 1 is 0.303 bits per heavy atom. The van der Waals surface area contributed by atoms with Crippen molar-refractivity contribution in [2.24, 2.45) is 0 Å². The second kappa shape index (κ2) is 67.6. The van der Waals surface area contributed by atoms with Crippen LogP contribution in [0, 0.1) is 0 Å². The molecule has 0 radical (unpaired) electrons. The summed E-state index contributed by atoms with van der Waals surface area (Å²) >= 11 is 0. The van der Waals surface area contributed by atoms with Crippen LogP contribution in [0.3, 0.4) is 0 Å². The van der Waals surface area contributed by atoms with Crippen LogP contribution in [-0.2, 0) is 4.79 Å². The first-order valence-electron chi connectivity index (χ1n) is 34.9. The zero-order valence-electron chi connectivity index (χ0n) is 51.8. The number of carbonyl (C=O) groups excluding carboxylic acids is 1. The molecule has 76 heavy (non-hydrogen) atoms. The maximum Gasteiger partial charge on any atom is 0.220 e. The normalized spacial score (nSPS) is 12.9. The molecule has 1 amide bonds. The largest absolute Gasteiger partial charge is 0.394 e. The third-order valence-corrected chi connectivity index (χ3v) is 16.3. The molecule has 0 aromatic rings. The molecule has 4 heteroatoms. The number of allylic oxidation sites excluding steroid dienone is 7. The Morgan fingerprint density at radius 3 is 0.763 bits per heavy atom. The third kappa shape index (κ3) is 63.2. The molecule has 448 valence electrons. The van der Waals surface area contributed by atoms with Crippen LogP contribution in [0.25, 0.3) is 0 Å². The second-order valence-corrected chi connectivity index (χ2v) is 23.9. The predicted molar refractivity (Wildman–Crippen MR) is 341 cm³/mol. The maximum absolute atomic E-state index is 12.5. The number of aliphatic hydroxyl groups is 2. The summed E-state index contributed by atoms with van der Waals surface area (Å²) in [4.78, 5) is 12.5. The van der Waals surface area contributed by atoms with Gasteiger partial charge in [0.2, 0.25) is 5.91 Å². The summed E-state index contributed by atoms with van der Waals surface area (Å²) in [5, 5.41) is 23.3. The molecule has 0 aromatic carbocycles. The standard InChI is InChI=1S/C72H137NO3/c1-3-5-7-9-11-13-15-17-19-21-23-25-27-29-31-33-34-35-36-37-38-40-42-44-46-48-50-52-54-56-58-60-62-64-66-68-72(76)73-70(69-74)71(75)67-65-63-61-59-57-55-53-51-49-47-45-43-41-39-32-30-28-26-24-22-20-18-16-14-12-10-8-6-4-2/h21,23,49,51,57,59,65,67,70-71,74-75H,3-20,22,24-48,50,52-56,58,60-64,66,68-69H2,1-2H3,(H,73,76)/b23-21-,51-49+,59-57+,67-65+. The molecule has 0 bridgehead atoms. The van der Waals surface area contributed by atoms with Crippen molar-refractivity contribution >= 4 is 5.91 Å². The number of aliphatic hydroxyl groups excluding tert-OH is 2. The lowest BCUT2D eigenvalue weighted by Gasteiger charge is -2.19. The second-order valence-electron chi connectivity index (χ2n) is 23.9. The van der Waals surface area contributed by atoms with Crippen molar-refractivity contribution < 1.29 is 15.0 Å². The average molecular weight is 1060 g/mol. The summed E-state index contributed by atoms with van der Waals surface area (Å²) < 4.78 is 0. The van der Waals surface area contributed by atoms with Gasteiger partial charge in [-0.15, -0.1) is 0 Å². The summed E-state index contributed by atoms with van der Waals surface area (Å²) in [5.41, 5.74) is 0. The number of amides is 1. The van der Waals surface area contributed by atoms with Crippen molar-refractivity contribution in [3.8, 4) is 0 Å². The van der Waals surface area contributed by atoms with E-state index in [-0.39, 0.29) is 12.5 Å². The molecular weight excluding hydrogens is 927 g/mol. The minimum absolute atomic E-state index is 0.0707. The number of nitrogens with one attached hydrogen (secondary N) is 1. The summed E-state index contributed by atoms with van der Waals surface area (Å²) in [6.45, 7) is 4.34. The Bertz CT molecular complexity index is 1210. The minimum Gasteiger partial charge on any atom is -0.394 e. The lowest BCUT2D eigenvalue weighted by atomic mass is 10.0. The van der Waals surface area contributed by atoms with Crippen LogP contribution < -0.4 is 5.32 Å². The van der Waals surface area contributed by atoms with E-state index in [1.54, 1.807) is 6.08 Å². The van der Waals surface area contributed by atoms with Crippen LogP contribution in [0.5, 0.6) is 0 Å².